The number of nitrogens with zero attached hydrogens (tertiary/aromatic N) is 2. The van der Waals surface area contributed by atoms with Crippen LogP contribution in [0.2, 0.25) is 0 Å². The van der Waals surface area contributed by atoms with Gasteiger partial charge in [0, 0.05) is 25.3 Å². The minimum Gasteiger partial charge on any atom is -0.360 e. The van der Waals surface area contributed by atoms with Gasteiger partial charge in [-0.15, -0.1) is 0 Å². The summed E-state index contributed by atoms with van der Waals surface area (Å²) in [4.78, 5) is 18.0. The van der Waals surface area contributed by atoms with Crippen LogP contribution in [0, 0.1) is 5.82 Å². The van der Waals surface area contributed by atoms with Crippen molar-refractivity contribution in [2.75, 3.05) is 45.2 Å². The van der Waals surface area contributed by atoms with Crippen LogP contribution in [0.1, 0.15) is 11.6 Å². The Kier molecular flexibility index (Phi) is 5.34. The summed E-state index contributed by atoms with van der Waals surface area (Å²) in [6.07, 6.45) is 0. The molecule has 0 aromatic heterocycles. The molecule has 0 bridgehead atoms. The highest BCUT2D eigenvalue weighted by molar-refractivity contribution is 5.81. The van der Waals surface area contributed by atoms with E-state index in [0.29, 0.717) is 0 Å². The van der Waals surface area contributed by atoms with Gasteiger partial charge in [0.25, 0.3) is 5.91 Å². The first kappa shape index (κ1) is 17.4. The van der Waals surface area contributed by atoms with Crippen LogP contribution in [0.15, 0.2) is 54.6 Å². The molecule has 1 amide bonds. The Morgan fingerprint density at radius 2 is 1.64 bits per heavy atom. The maximum atomic E-state index is 13.1. The Morgan fingerprint density at radius 1 is 1.04 bits per heavy atom. The molecule has 1 N–H and O–H groups in total. The number of hydrogen-bond acceptors (Lipinski definition) is 2. The maximum absolute atomic E-state index is 13.1. The summed E-state index contributed by atoms with van der Waals surface area (Å²) in [7, 11) is 3.62. The second-order valence-electron chi connectivity index (χ2n) is 6.70. The van der Waals surface area contributed by atoms with Gasteiger partial charge < -0.3 is 14.7 Å². The molecule has 0 saturated carbocycles. The summed E-state index contributed by atoms with van der Waals surface area (Å²) < 4.78 is 13.1. The normalized spacial score (nSPS) is 16.5. The zero-order valence-electron chi connectivity index (χ0n) is 14.8. The number of nitrogens with one attached hydrogen (secondary N) is 1. The van der Waals surface area contributed by atoms with Crippen molar-refractivity contribution in [1.29, 1.82) is 0 Å². The molecule has 1 aliphatic heterocycles. The van der Waals surface area contributed by atoms with Crippen molar-refractivity contribution in [2.24, 2.45) is 0 Å². The number of halogens is 1. The lowest BCUT2D eigenvalue weighted by Gasteiger charge is -2.37. The van der Waals surface area contributed by atoms with Crippen LogP contribution in [-0.2, 0) is 4.79 Å². The molecule has 1 atom stereocenters. The monoisotopic (exact) mass is 342 g/mol. The highest BCUT2D eigenvalue weighted by Crippen LogP contribution is 2.16. The molecule has 2 aromatic rings. The molecule has 25 heavy (non-hydrogen) atoms. The van der Waals surface area contributed by atoms with Crippen molar-refractivity contribution >= 4 is 11.6 Å². The van der Waals surface area contributed by atoms with Gasteiger partial charge in [0.1, 0.15) is 5.82 Å². The summed E-state index contributed by atoms with van der Waals surface area (Å²) in [6.45, 7) is 3.45. The average molecular weight is 342 g/mol. The summed E-state index contributed by atoms with van der Waals surface area (Å²) in [5.74, 6) is -0.0786. The van der Waals surface area contributed by atoms with Gasteiger partial charge in [0.2, 0.25) is 0 Å². The van der Waals surface area contributed by atoms with Crippen molar-refractivity contribution in [1.82, 2.24) is 4.90 Å². The lowest BCUT2D eigenvalue weighted by Crippen LogP contribution is -3.16. The largest absolute Gasteiger partial charge is 0.360 e. The molecule has 4 nitrogen and oxygen atoms in total. The van der Waals surface area contributed by atoms with Crippen molar-refractivity contribution < 1.29 is 14.1 Å². The van der Waals surface area contributed by atoms with Gasteiger partial charge in [-0.1, -0.05) is 30.3 Å². The lowest BCUT2D eigenvalue weighted by molar-refractivity contribution is -0.922. The second kappa shape index (κ2) is 7.66. The van der Waals surface area contributed by atoms with Crippen LogP contribution in [0.25, 0.3) is 0 Å². The van der Waals surface area contributed by atoms with Crippen LogP contribution < -0.4 is 9.80 Å². The zero-order chi connectivity index (χ0) is 17.8. The maximum Gasteiger partial charge on any atom is 0.285 e. The fourth-order valence-electron chi connectivity index (χ4n) is 3.45. The van der Waals surface area contributed by atoms with E-state index < -0.39 is 0 Å². The second-order valence-corrected chi connectivity index (χ2v) is 6.70. The summed E-state index contributed by atoms with van der Waals surface area (Å²) in [6, 6.07) is 16.5. The highest BCUT2D eigenvalue weighted by Gasteiger charge is 2.35. The minimum atomic E-state index is -0.214. The third-order valence-corrected chi connectivity index (χ3v) is 4.83. The van der Waals surface area contributed by atoms with Crippen LogP contribution >= 0.6 is 0 Å². The Morgan fingerprint density at radius 3 is 2.20 bits per heavy atom. The number of carbonyl (C=O) groups excluding carboxylic acids is 1. The van der Waals surface area contributed by atoms with Crippen LogP contribution in [0.3, 0.4) is 0 Å². The molecular formula is C20H25FN3O+. The van der Waals surface area contributed by atoms with E-state index in [2.05, 4.69) is 4.90 Å². The molecule has 132 valence electrons. The van der Waals surface area contributed by atoms with E-state index in [1.807, 2.05) is 56.6 Å². The van der Waals surface area contributed by atoms with Gasteiger partial charge in [-0.2, -0.15) is 0 Å². The summed E-state index contributed by atoms with van der Waals surface area (Å²) in [5.41, 5.74) is 2.10. The molecular weight excluding hydrogens is 317 g/mol. The number of quaternary nitrogens is 1. The summed E-state index contributed by atoms with van der Waals surface area (Å²) in [5, 5.41) is 0. The number of hydrogen-bond donors (Lipinski definition) is 1. The van der Waals surface area contributed by atoms with E-state index >= 15 is 0 Å². The van der Waals surface area contributed by atoms with E-state index in [9.17, 15) is 9.18 Å². The van der Waals surface area contributed by atoms with Crippen molar-refractivity contribution in [3.8, 4) is 0 Å². The Hall–Kier alpha value is -2.40. The molecule has 1 aliphatic rings. The van der Waals surface area contributed by atoms with E-state index in [0.717, 1.165) is 37.4 Å². The first-order chi connectivity index (χ1) is 12.1. The van der Waals surface area contributed by atoms with Crippen molar-refractivity contribution in [3.63, 3.8) is 0 Å². The SMILES string of the molecule is CN(C)C(=O)[C@H](c1ccccc1)[NH+]1CCN(c2ccc(F)cc2)CC1. The van der Waals surface area contributed by atoms with Crippen LogP contribution in [0.5, 0.6) is 0 Å². The number of rotatable bonds is 4. The molecule has 3 rings (SSSR count). The number of likely N-dealkylation sites (N-methyl/N-ethyl adjacent to an activating group) is 1. The van der Waals surface area contributed by atoms with Gasteiger partial charge >= 0.3 is 0 Å². The van der Waals surface area contributed by atoms with Crippen molar-refractivity contribution in [3.05, 3.63) is 66.0 Å². The Labute approximate surface area is 148 Å². The van der Waals surface area contributed by atoms with Gasteiger partial charge in [-0.05, 0) is 24.3 Å². The topological polar surface area (TPSA) is 28.0 Å². The molecule has 0 aliphatic carbocycles. The van der Waals surface area contributed by atoms with E-state index in [-0.39, 0.29) is 17.8 Å². The first-order valence-electron chi connectivity index (χ1n) is 8.67. The fourth-order valence-corrected chi connectivity index (χ4v) is 3.45. The number of amides is 1. The molecule has 1 fully saturated rings. The first-order valence-corrected chi connectivity index (χ1v) is 8.67. The van der Waals surface area contributed by atoms with Crippen molar-refractivity contribution in [2.45, 2.75) is 6.04 Å². The van der Waals surface area contributed by atoms with Crippen LogP contribution in [0.4, 0.5) is 10.1 Å². The predicted molar refractivity (Wildman–Crippen MR) is 97.2 cm³/mol. The smallest absolute Gasteiger partial charge is 0.285 e. The standard InChI is InChI=1S/C20H24FN3O/c1-22(2)20(25)19(16-6-4-3-5-7-16)24-14-12-23(13-15-24)18-10-8-17(21)9-11-18/h3-11,19H,12-15H2,1-2H3/p+1/t19-/m0/s1. The molecule has 0 unspecified atom stereocenters. The van der Waals surface area contributed by atoms with E-state index in [1.54, 1.807) is 4.90 Å². The molecule has 1 saturated heterocycles. The average Bonchev–Trinajstić information content (AvgIpc) is 2.64. The molecule has 0 spiro atoms. The van der Waals surface area contributed by atoms with Gasteiger partial charge in [0.05, 0.1) is 26.2 Å². The molecule has 1 heterocycles. The molecule has 2 aromatic carbocycles. The molecule has 5 heteroatoms. The quantitative estimate of drug-likeness (QED) is 0.909. The van der Waals surface area contributed by atoms with E-state index in [1.165, 1.54) is 17.0 Å². The third kappa shape index (κ3) is 3.99. The van der Waals surface area contributed by atoms with E-state index in [4.69, 9.17) is 0 Å². The molecule has 0 radical (unpaired) electrons. The number of piperazine rings is 1. The van der Waals surface area contributed by atoms with Gasteiger partial charge in [0.15, 0.2) is 6.04 Å². The number of anilines is 1. The van der Waals surface area contributed by atoms with Gasteiger partial charge in [-0.25, -0.2) is 4.39 Å². The Balaban J connectivity index is 1.74. The highest BCUT2D eigenvalue weighted by atomic mass is 19.1. The van der Waals surface area contributed by atoms with Gasteiger partial charge in [-0.3, -0.25) is 4.79 Å². The predicted octanol–water partition coefficient (Wildman–Crippen LogP) is 1.36. The fraction of sp³-hybridized carbons (Fsp3) is 0.350. The van der Waals surface area contributed by atoms with Crippen LogP contribution in [-0.4, -0.2) is 51.1 Å². The Bertz CT molecular complexity index is 695. The number of benzene rings is 2. The summed E-state index contributed by atoms with van der Waals surface area (Å²) >= 11 is 0. The zero-order valence-corrected chi connectivity index (χ0v) is 14.8. The third-order valence-electron chi connectivity index (χ3n) is 4.83. The minimum absolute atomic E-state index is 0.136. The number of carbonyl (C=O) groups is 1. The lowest BCUT2D eigenvalue weighted by atomic mass is 10.0.